The summed E-state index contributed by atoms with van der Waals surface area (Å²) in [5.74, 6) is 0.543. The average molecular weight is 311 g/mol. The van der Waals surface area contributed by atoms with Crippen LogP contribution in [0.5, 0.6) is 0 Å². The normalized spacial score (nSPS) is 23.3. The monoisotopic (exact) mass is 311 g/mol. The number of nitrogens with one attached hydrogen (secondary N) is 1. The van der Waals surface area contributed by atoms with Gasteiger partial charge in [0.1, 0.15) is 0 Å². The summed E-state index contributed by atoms with van der Waals surface area (Å²) < 4.78 is 5.30. The Morgan fingerprint density at radius 2 is 2.05 bits per heavy atom. The van der Waals surface area contributed by atoms with Crippen molar-refractivity contribution in [3.63, 3.8) is 0 Å². The van der Waals surface area contributed by atoms with Crippen LogP contribution in [0.4, 0.5) is 0 Å². The van der Waals surface area contributed by atoms with Gasteiger partial charge in [-0.3, -0.25) is 14.5 Å². The van der Waals surface area contributed by atoms with Crippen molar-refractivity contribution in [2.45, 2.75) is 26.7 Å². The molecule has 6 heteroatoms. The Kier molecular flexibility index (Phi) is 6.64. The van der Waals surface area contributed by atoms with Crippen LogP contribution in [0.25, 0.3) is 0 Å². The molecule has 2 amide bonds. The van der Waals surface area contributed by atoms with Gasteiger partial charge in [0.2, 0.25) is 11.8 Å². The van der Waals surface area contributed by atoms with E-state index in [1.54, 1.807) is 0 Å². The highest BCUT2D eigenvalue weighted by Crippen LogP contribution is 2.19. The minimum absolute atomic E-state index is 0.0219. The molecule has 6 nitrogen and oxygen atoms in total. The first-order valence-electron chi connectivity index (χ1n) is 8.42. The van der Waals surface area contributed by atoms with Crippen molar-refractivity contribution in [2.24, 2.45) is 11.8 Å². The van der Waals surface area contributed by atoms with E-state index in [4.69, 9.17) is 4.74 Å². The molecule has 1 N–H and O–H groups in total. The molecule has 0 radical (unpaired) electrons. The van der Waals surface area contributed by atoms with Crippen LogP contribution in [0.2, 0.25) is 0 Å². The fraction of sp³-hybridized carbons (Fsp3) is 0.875. The first-order chi connectivity index (χ1) is 10.6. The van der Waals surface area contributed by atoms with Crippen molar-refractivity contribution in [3.8, 4) is 0 Å². The van der Waals surface area contributed by atoms with Crippen LogP contribution in [0.3, 0.4) is 0 Å². The zero-order chi connectivity index (χ0) is 15.9. The van der Waals surface area contributed by atoms with Gasteiger partial charge in [-0.2, -0.15) is 0 Å². The number of hydrogen-bond acceptors (Lipinski definition) is 4. The Morgan fingerprint density at radius 1 is 1.32 bits per heavy atom. The van der Waals surface area contributed by atoms with Crippen LogP contribution in [0, 0.1) is 11.8 Å². The molecular weight excluding hydrogens is 282 g/mol. The third-order valence-electron chi connectivity index (χ3n) is 4.39. The van der Waals surface area contributed by atoms with E-state index in [1.165, 1.54) is 0 Å². The summed E-state index contributed by atoms with van der Waals surface area (Å²) in [6.45, 7) is 10.6. The molecule has 0 aromatic carbocycles. The maximum Gasteiger partial charge on any atom is 0.225 e. The zero-order valence-corrected chi connectivity index (χ0v) is 13.8. The molecule has 2 heterocycles. The van der Waals surface area contributed by atoms with Gasteiger partial charge in [-0.05, 0) is 12.3 Å². The van der Waals surface area contributed by atoms with E-state index >= 15 is 0 Å². The van der Waals surface area contributed by atoms with Gasteiger partial charge in [0.05, 0.1) is 19.1 Å². The van der Waals surface area contributed by atoms with Gasteiger partial charge in [0.25, 0.3) is 0 Å². The van der Waals surface area contributed by atoms with Crippen LogP contribution in [-0.2, 0) is 14.3 Å². The van der Waals surface area contributed by atoms with E-state index in [0.717, 1.165) is 45.8 Å². The summed E-state index contributed by atoms with van der Waals surface area (Å²) in [5, 5.41) is 2.98. The molecule has 0 bridgehead atoms. The van der Waals surface area contributed by atoms with Crippen LogP contribution in [0.15, 0.2) is 0 Å². The fourth-order valence-electron chi connectivity index (χ4n) is 2.88. The second-order valence-electron chi connectivity index (χ2n) is 6.67. The first-order valence-corrected chi connectivity index (χ1v) is 8.42. The molecule has 2 aliphatic rings. The summed E-state index contributed by atoms with van der Waals surface area (Å²) in [6.07, 6.45) is 1.36. The van der Waals surface area contributed by atoms with Crippen LogP contribution < -0.4 is 5.32 Å². The van der Waals surface area contributed by atoms with Crippen molar-refractivity contribution >= 4 is 11.8 Å². The molecule has 2 aliphatic heterocycles. The van der Waals surface area contributed by atoms with Crippen LogP contribution >= 0.6 is 0 Å². The molecule has 0 saturated carbocycles. The van der Waals surface area contributed by atoms with E-state index < -0.39 is 0 Å². The minimum Gasteiger partial charge on any atom is -0.379 e. The molecule has 2 saturated heterocycles. The summed E-state index contributed by atoms with van der Waals surface area (Å²) in [6, 6.07) is 0. The lowest BCUT2D eigenvalue weighted by Crippen LogP contribution is -2.42. The number of amides is 2. The minimum atomic E-state index is -0.177. The number of morpholine rings is 1. The summed E-state index contributed by atoms with van der Waals surface area (Å²) in [5.41, 5.74) is 0. The molecule has 2 rings (SSSR count). The van der Waals surface area contributed by atoms with Crippen molar-refractivity contribution < 1.29 is 14.3 Å². The van der Waals surface area contributed by atoms with Crippen molar-refractivity contribution in [3.05, 3.63) is 0 Å². The lowest BCUT2D eigenvalue weighted by molar-refractivity contribution is -0.129. The second kappa shape index (κ2) is 8.48. The number of ether oxygens (including phenoxy) is 1. The number of carbonyl (C=O) groups excluding carboxylic acids is 2. The van der Waals surface area contributed by atoms with Crippen LogP contribution in [0.1, 0.15) is 26.7 Å². The van der Waals surface area contributed by atoms with Gasteiger partial charge in [0, 0.05) is 45.7 Å². The van der Waals surface area contributed by atoms with Gasteiger partial charge in [-0.1, -0.05) is 13.8 Å². The molecule has 2 fully saturated rings. The molecule has 0 aromatic rings. The predicted molar refractivity (Wildman–Crippen MR) is 84.4 cm³/mol. The van der Waals surface area contributed by atoms with Crippen molar-refractivity contribution in [2.75, 3.05) is 52.5 Å². The third kappa shape index (κ3) is 5.25. The Hall–Kier alpha value is -1.14. The van der Waals surface area contributed by atoms with Gasteiger partial charge in [-0.25, -0.2) is 0 Å². The van der Waals surface area contributed by atoms with E-state index in [1.807, 2.05) is 4.90 Å². The fourth-order valence-corrected chi connectivity index (χ4v) is 2.88. The summed E-state index contributed by atoms with van der Waals surface area (Å²) in [4.78, 5) is 28.3. The summed E-state index contributed by atoms with van der Waals surface area (Å²) in [7, 11) is 0. The lowest BCUT2D eigenvalue weighted by Gasteiger charge is -2.26. The standard InChI is InChI=1S/C16H29N3O3/c1-13(2)3-5-19-12-14(11-15(19)20)16(21)17-4-6-18-7-9-22-10-8-18/h13-14H,3-12H2,1-2H3,(H,17,21). The van der Waals surface area contributed by atoms with E-state index in [9.17, 15) is 9.59 Å². The van der Waals surface area contributed by atoms with Gasteiger partial charge >= 0.3 is 0 Å². The van der Waals surface area contributed by atoms with E-state index in [0.29, 0.717) is 25.4 Å². The maximum atomic E-state index is 12.2. The topological polar surface area (TPSA) is 61.9 Å². The molecule has 1 atom stereocenters. The molecule has 0 aromatic heterocycles. The quantitative estimate of drug-likeness (QED) is 0.736. The summed E-state index contributed by atoms with van der Waals surface area (Å²) >= 11 is 0. The SMILES string of the molecule is CC(C)CCN1CC(C(=O)NCCN2CCOCC2)CC1=O. The smallest absolute Gasteiger partial charge is 0.225 e. The molecule has 0 spiro atoms. The molecule has 126 valence electrons. The largest absolute Gasteiger partial charge is 0.379 e. The Bertz CT molecular complexity index is 381. The zero-order valence-electron chi connectivity index (χ0n) is 13.8. The Balaban J connectivity index is 1.66. The number of likely N-dealkylation sites (tertiary alicyclic amines) is 1. The predicted octanol–water partition coefficient (Wildman–Crippen LogP) is 0.329. The lowest BCUT2D eigenvalue weighted by atomic mass is 10.1. The average Bonchev–Trinajstić information content (AvgIpc) is 2.87. The number of nitrogens with zero attached hydrogens (tertiary/aromatic N) is 2. The number of rotatable bonds is 7. The molecular formula is C16H29N3O3. The highest BCUT2D eigenvalue weighted by molar-refractivity contribution is 5.89. The first kappa shape index (κ1) is 17.2. The van der Waals surface area contributed by atoms with Gasteiger partial charge < -0.3 is 15.0 Å². The van der Waals surface area contributed by atoms with E-state index in [-0.39, 0.29) is 17.7 Å². The van der Waals surface area contributed by atoms with Gasteiger partial charge in [0.15, 0.2) is 0 Å². The Labute approximate surface area is 133 Å². The number of hydrogen-bond donors (Lipinski definition) is 1. The Morgan fingerprint density at radius 3 is 2.73 bits per heavy atom. The molecule has 1 unspecified atom stereocenters. The van der Waals surface area contributed by atoms with Crippen molar-refractivity contribution in [1.82, 2.24) is 15.1 Å². The second-order valence-corrected chi connectivity index (χ2v) is 6.67. The highest BCUT2D eigenvalue weighted by Gasteiger charge is 2.33. The third-order valence-corrected chi connectivity index (χ3v) is 4.39. The van der Waals surface area contributed by atoms with Gasteiger partial charge in [-0.15, -0.1) is 0 Å². The number of carbonyl (C=O) groups is 2. The van der Waals surface area contributed by atoms with Crippen LogP contribution in [-0.4, -0.2) is 74.1 Å². The van der Waals surface area contributed by atoms with E-state index in [2.05, 4.69) is 24.1 Å². The van der Waals surface area contributed by atoms with Crippen molar-refractivity contribution in [1.29, 1.82) is 0 Å². The highest BCUT2D eigenvalue weighted by atomic mass is 16.5. The maximum absolute atomic E-state index is 12.2. The molecule has 22 heavy (non-hydrogen) atoms. The molecule has 0 aliphatic carbocycles.